The summed E-state index contributed by atoms with van der Waals surface area (Å²) in [5.41, 5.74) is -0.212. The molecule has 2 aromatic carbocycles. The van der Waals surface area contributed by atoms with E-state index < -0.39 is 18.2 Å². The van der Waals surface area contributed by atoms with Gasteiger partial charge in [-0.25, -0.2) is 0 Å². The van der Waals surface area contributed by atoms with Crippen LogP contribution in [0.15, 0.2) is 36.4 Å². The van der Waals surface area contributed by atoms with Crippen LogP contribution in [0.3, 0.4) is 0 Å². The first-order chi connectivity index (χ1) is 10.3. The number of ether oxygens (including phenoxy) is 2. The second-order valence-corrected chi connectivity index (χ2v) is 4.86. The highest BCUT2D eigenvalue weighted by Gasteiger charge is 2.49. The molecule has 0 bridgehead atoms. The van der Waals surface area contributed by atoms with E-state index in [1.807, 2.05) is 0 Å². The lowest BCUT2D eigenvalue weighted by Gasteiger charge is -2.34. The van der Waals surface area contributed by atoms with Gasteiger partial charge in [-0.05, 0) is 11.5 Å². The minimum Gasteiger partial charge on any atom is -0.467 e. The van der Waals surface area contributed by atoms with Gasteiger partial charge in [0.25, 0.3) is 0 Å². The number of methoxy groups -OCH3 is 1. The Kier molecular flexibility index (Phi) is 4.66. The van der Waals surface area contributed by atoms with Crippen molar-refractivity contribution in [3.63, 3.8) is 0 Å². The summed E-state index contributed by atoms with van der Waals surface area (Å²) in [6.07, 6.45) is 0. The van der Waals surface area contributed by atoms with Gasteiger partial charge >= 0.3 is 0 Å². The van der Waals surface area contributed by atoms with E-state index in [1.54, 1.807) is 24.3 Å². The fourth-order valence-corrected chi connectivity index (χ4v) is 2.17. The van der Waals surface area contributed by atoms with Crippen LogP contribution in [0, 0.1) is 0 Å². The molecule has 0 radical (unpaired) electrons. The van der Waals surface area contributed by atoms with Crippen molar-refractivity contribution in [1.29, 1.82) is 0 Å². The third-order valence-corrected chi connectivity index (χ3v) is 3.35. The number of hydrogen-bond acceptors (Lipinski definition) is 7. The Morgan fingerprint density at radius 3 is 2.23 bits per heavy atom. The number of rotatable bonds is 6. The van der Waals surface area contributed by atoms with Crippen LogP contribution in [0.4, 0.5) is 0 Å². The van der Waals surface area contributed by atoms with Crippen molar-refractivity contribution in [2.75, 3.05) is 20.5 Å². The Labute approximate surface area is 126 Å². The standard InChI is InChI=1S/C15H18O7/c1-21-9-22-12-7-3-5-10-4-2-6-11(13(10)12)15(19,20)14(17,18)8-16/h2-7,16-20H,8-9H2,1H3. The molecule has 0 saturated carbocycles. The predicted octanol–water partition coefficient (Wildman–Crippen LogP) is -0.367. The largest absolute Gasteiger partial charge is 0.467 e. The van der Waals surface area contributed by atoms with Crippen molar-refractivity contribution in [2.45, 2.75) is 11.6 Å². The molecule has 120 valence electrons. The molecule has 2 aromatic rings. The maximum absolute atomic E-state index is 10.2. The summed E-state index contributed by atoms with van der Waals surface area (Å²) in [5, 5.41) is 49.5. The van der Waals surface area contributed by atoms with E-state index in [1.165, 1.54) is 19.2 Å². The van der Waals surface area contributed by atoms with Gasteiger partial charge in [0.1, 0.15) is 12.4 Å². The third kappa shape index (κ3) is 2.78. The Morgan fingerprint density at radius 1 is 1.00 bits per heavy atom. The van der Waals surface area contributed by atoms with E-state index in [2.05, 4.69) is 0 Å². The average molecular weight is 310 g/mol. The fraction of sp³-hybridized carbons (Fsp3) is 0.333. The van der Waals surface area contributed by atoms with Crippen molar-refractivity contribution in [3.05, 3.63) is 42.0 Å². The van der Waals surface area contributed by atoms with Crippen LogP contribution in [-0.4, -0.2) is 51.8 Å². The molecule has 0 spiro atoms. The first-order valence-corrected chi connectivity index (χ1v) is 6.49. The Hall–Kier alpha value is -1.74. The third-order valence-electron chi connectivity index (χ3n) is 3.35. The maximum atomic E-state index is 10.2. The highest BCUT2D eigenvalue weighted by Crippen LogP contribution is 2.38. The van der Waals surface area contributed by atoms with Crippen molar-refractivity contribution < 1.29 is 35.0 Å². The predicted molar refractivity (Wildman–Crippen MR) is 76.8 cm³/mol. The number of hydrogen-bond donors (Lipinski definition) is 5. The van der Waals surface area contributed by atoms with Crippen molar-refractivity contribution in [1.82, 2.24) is 0 Å². The van der Waals surface area contributed by atoms with Gasteiger partial charge in [-0.2, -0.15) is 0 Å². The van der Waals surface area contributed by atoms with Crippen LogP contribution in [0.25, 0.3) is 10.8 Å². The van der Waals surface area contributed by atoms with E-state index in [9.17, 15) is 20.4 Å². The molecule has 0 saturated heterocycles. The fourth-order valence-electron chi connectivity index (χ4n) is 2.17. The van der Waals surface area contributed by atoms with Gasteiger partial charge in [0, 0.05) is 18.1 Å². The highest BCUT2D eigenvalue weighted by atomic mass is 16.7. The number of fused-ring (bicyclic) bond motifs is 1. The number of benzene rings is 2. The molecule has 0 heterocycles. The molecule has 0 amide bonds. The van der Waals surface area contributed by atoms with Gasteiger partial charge in [0.05, 0.1) is 0 Å². The normalized spacial score (nSPS) is 12.6. The smallest absolute Gasteiger partial charge is 0.249 e. The number of aliphatic hydroxyl groups is 5. The molecule has 7 nitrogen and oxygen atoms in total. The Balaban J connectivity index is 2.68. The lowest BCUT2D eigenvalue weighted by atomic mass is 9.92. The molecule has 0 aliphatic rings. The van der Waals surface area contributed by atoms with E-state index in [-0.39, 0.29) is 23.5 Å². The molecule has 0 fully saturated rings. The SMILES string of the molecule is COCOc1cccc2cccc(C(O)(O)C(O)(O)CO)c12. The minimum absolute atomic E-state index is 0.0688. The Morgan fingerprint density at radius 2 is 1.64 bits per heavy atom. The maximum Gasteiger partial charge on any atom is 0.249 e. The summed E-state index contributed by atoms with van der Waals surface area (Å²) < 4.78 is 10.2. The van der Waals surface area contributed by atoms with Gasteiger partial charge in [-0.15, -0.1) is 0 Å². The topological polar surface area (TPSA) is 120 Å². The number of aliphatic hydroxyl groups excluding tert-OH is 1. The first kappa shape index (κ1) is 16.6. The first-order valence-electron chi connectivity index (χ1n) is 6.49. The molecule has 2 rings (SSSR count). The van der Waals surface area contributed by atoms with Gasteiger partial charge in [-0.1, -0.05) is 30.3 Å². The molecule has 7 heteroatoms. The summed E-state index contributed by atoms with van der Waals surface area (Å²) in [6.45, 7) is -1.34. The second kappa shape index (κ2) is 6.17. The monoisotopic (exact) mass is 310 g/mol. The molecule has 22 heavy (non-hydrogen) atoms. The molecule has 5 N–H and O–H groups in total. The zero-order valence-electron chi connectivity index (χ0n) is 11.9. The molecular weight excluding hydrogens is 292 g/mol. The Bertz CT molecular complexity index is 646. The summed E-state index contributed by atoms with van der Waals surface area (Å²) in [6, 6.07) is 9.50. The van der Waals surface area contributed by atoms with Gasteiger partial charge in [0.15, 0.2) is 6.79 Å². The van der Waals surface area contributed by atoms with Crippen molar-refractivity contribution >= 4 is 10.8 Å². The second-order valence-electron chi connectivity index (χ2n) is 4.86. The van der Waals surface area contributed by atoms with Crippen LogP contribution < -0.4 is 4.74 Å². The van der Waals surface area contributed by atoms with E-state index >= 15 is 0 Å². The van der Waals surface area contributed by atoms with Crippen LogP contribution in [0.5, 0.6) is 5.75 Å². The molecular formula is C15H18O7. The highest BCUT2D eigenvalue weighted by molar-refractivity contribution is 5.92. The van der Waals surface area contributed by atoms with E-state index in [0.717, 1.165) is 0 Å². The lowest BCUT2D eigenvalue weighted by Crippen LogP contribution is -2.54. The summed E-state index contributed by atoms with van der Waals surface area (Å²) in [5.74, 6) is -5.97. The van der Waals surface area contributed by atoms with Crippen molar-refractivity contribution in [2.24, 2.45) is 0 Å². The average Bonchev–Trinajstić information content (AvgIpc) is 2.51. The minimum atomic E-state index is -3.14. The molecule has 0 aromatic heterocycles. The summed E-state index contributed by atoms with van der Waals surface area (Å²) >= 11 is 0. The van der Waals surface area contributed by atoms with Crippen LogP contribution in [0.2, 0.25) is 0 Å². The van der Waals surface area contributed by atoms with Gasteiger partial charge in [0.2, 0.25) is 11.6 Å². The molecule has 0 aliphatic heterocycles. The summed E-state index contributed by atoms with van der Waals surface area (Å²) in [4.78, 5) is 0. The quantitative estimate of drug-likeness (QED) is 0.462. The van der Waals surface area contributed by atoms with E-state index in [0.29, 0.717) is 5.39 Å². The lowest BCUT2D eigenvalue weighted by molar-refractivity contribution is -0.374. The zero-order chi connectivity index (χ0) is 16.4. The van der Waals surface area contributed by atoms with Gasteiger partial charge < -0.3 is 35.0 Å². The van der Waals surface area contributed by atoms with Crippen molar-refractivity contribution in [3.8, 4) is 5.75 Å². The van der Waals surface area contributed by atoms with E-state index in [4.69, 9.17) is 14.6 Å². The zero-order valence-corrected chi connectivity index (χ0v) is 11.9. The molecule has 0 unspecified atom stereocenters. The van der Waals surface area contributed by atoms with Crippen LogP contribution in [0.1, 0.15) is 5.56 Å². The van der Waals surface area contributed by atoms with Crippen LogP contribution in [-0.2, 0) is 10.5 Å². The molecule has 0 atom stereocenters. The van der Waals surface area contributed by atoms with Gasteiger partial charge in [-0.3, -0.25) is 0 Å². The molecule has 0 aliphatic carbocycles. The van der Waals surface area contributed by atoms with Crippen LogP contribution >= 0.6 is 0 Å². The summed E-state index contributed by atoms with van der Waals surface area (Å²) in [7, 11) is 1.44.